The molecule has 0 aromatic carbocycles. The monoisotopic (exact) mass is 217 g/mol. The van der Waals surface area contributed by atoms with Crippen LogP contribution < -0.4 is 0 Å². The van der Waals surface area contributed by atoms with Gasteiger partial charge in [-0.15, -0.1) is 0 Å². The highest BCUT2D eigenvalue weighted by atomic mass is 19.3. The van der Waals surface area contributed by atoms with E-state index in [0.29, 0.717) is 12.1 Å². The third-order valence-electron chi connectivity index (χ3n) is 3.94. The van der Waals surface area contributed by atoms with Crippen LogP contribution in [0.25, 0.3) is 0 Å². The van der Waals surface area contributed by atoms with E-state index in [2.05, 4.69) is 4.90 Å². The van der Waals surface area contributed by atoms with Crippen LogP contribution in [0.15, 0.2) is 0 Å². The molecule has 0 aromatic heterocycles. The summed E-state index contributed by atoms with van der Waals surface area (Å²) in [4.78, 5) is 2.12. The zero-order chi connectivity index (χ0) is 10.7. The number of fused-ring (bicyclic) bond motifs is 2. The van der Waals surface area contributed by atoms with Gasteiger partial charge in [0.15, 0.2) is 0 Å². The number of hydrogen-bond donors (Lipinski definition) is 0. The van der Waals surface area contributed by atoms with Crippen molar-refractivity contribution in [2.24, 2.45) is 0 Å². The second-order valence-corrected chi connectivity index (χ2v) is 4.96. The fraction of sp³-hybridized carbons (Fsp3) is 1.00. The van der Waals surface area contributed by atoms with Gasteiger partial charge in [0.25, 0.3) is 6.43 Å². The molecule has 2 fully saturated rings. The first-order valence-corrected chi connectivity index (χ1v) is 6.31. The van der Waals surface area contributed by atoms with Gasteiger partial charge in [-0.3, -0.25) is 4.90 Å². The van der Waals surface area contributed by atoms with E-state index in [4.69, 9.17) is 0 Å². The van der Waals surface area contributed by atoms with Crippen molar-refractivity contribution in [2.45, 2.75) is 69.9 Å². The summed E-state index contributed by atoms with van der Waals surface area (Å²) in [6.07, 6.45) is 7.42. The highest BCUT2D eigenvalue weighted by Gasteiger charge is 2.32. The third kappa shape index (κ3) is 2.90. The predicted molar refractivity (Wildman–Crippen MR) is 57.2 cm³/mol. The Morgan fingerprint density at radius 2 is 1.40 bits per heavy atom. The SMILES string of the molecule is FC(F)CN1C2CCCCC[C@@H]1CCC2. The quantitative estimate of drug-likeness (QED) is 0.685. The molecular weight excluding hydrogens is 196 g/mol. The smallest absolute Gasteiger partial charge is 0.251 e. The molecule has 2 rings (SSSR count). The molecule has 2 bridgehead atoms. The van der Waals surface area contributed by atoms with Gasteiger partial charge in [0.1, 0.15) is 0 Å². The van der Waals surface area contributed by atoms with Crippen molar-refractivity contribution < 1.29 is 8.78 Å². The molecule has 0 N–H and O–H groups in total. The molecule has 15 heavy (non-hydrogen) atoms. The first kappa shape index (κ1) is 11.3. The van der Waals surface area contributed by atoms with Gasteiger partial charge >= 0.3 is 0 Å². The molecule has 2 aliphatic rings. The van der Waals surface area contributed by atoms with E-state index < -0.39 is 6.43 Å². The number of nitrogens with zero attached hydrogens (tertiary/aromatic N) is 1. The van der Waals surface area contributed by atoms with Crippen molar-refractivity contribution in [1.29, 1.82) is 0 Å². The lowest BCUT2D eigenvalue weighted by Gasteiger charge is -2.43. The normalized spacial score (nSPS) is 33.8. The van der Waals surface area contributed by atoms with E-state index >= 15 is 0 Å². The van der Waals surface area contributed by atoms with Gasteiger partial charge in [-0.25, -0.2) is 8.78 Å². The average Bonchev–Trinajstić information content (AvgIpc) is 2.20. The third-order valence-corrected chi connectivity index (χ3v) is 3.94. The van der Waals surface area contributed by atoms with Crippen LogP contribution in [-0.2, 0) is 0 Å². The minimum atomic E-state index is -2.16. The molecule has 2 heterocycles. The van der Waals surface area contributed by atoms with E-state index in [1.54, 1.807) is 0 Å². The lowest BCUT2D eigenvalue weighted by molar-refractivity contribution is 0.00341. The Hall–Kier alpha value is -0.180. The van der Waals surface area contributed by atoms with Crippen LogP contribution in [0.5, 0.6) is 0 Å². The molecule has 1 nitrogen and oxygen atoms in total. The Balaban J connectivity index is 2.01. The van der Waals surface area contributed by atoms with Crippen molar-refractivity contribution in [2.75, 3.05) is 6.54 Å². The number of rotatable bonds is 2. The minimum Gasteiger partial charge on any atom is -0.292 e. The maximum absolute atomic E-state index is 12.5. The molecule has 0 saturated carbocycles. The van der Waals surface area contributed by atoms with Crippen molar-refractivity contribution in [3.63, 3.8) is 0 Å². The van der Waals surface area contributed by atoms with Crippen LogP contribution in [0.1, 0.15) is 51.4 Å². The van der Waals surface area contributed by atoms with E-state index in [-0.39, 0.29) is 6.54 Å². The maximum atomic E-state index is 12.5. The molecule has 3 heteroatoms. The summed E-state index contributed by atoms with van der Waals surface area (Å²) in [6, 6.07) is 0.913. The molecule has 2 aliphatic heterocycles. The van der Waals surface area contributed by atoms with Crippen molar-refractivity contribution in [3.05, 3.63) is 0 Å². The number of hydrogen-bond acceptors (Lipinski definition) is 1. The van der Waals surface area contributed by atoms with E-state index in [1.165, 1.54) is 25.7 Å². The van der Waals surface area contributed by atoms with Crippen LogP contribution in [0.4, 0.5) is 8.78 Å². The topological polar surface area (TPSA) is 3.24 Å². The van der Waals surface area contributed by atoms with Gasteiger partial charge in [0, 0.05) is 12.1 Å². The predicted octanol–water partition coefficient (Wildman–Crippen LogP) is 3.44. The molecule has 0 amide bonds. The molecule has 2 saturated heterocycles. The van der Waals surface area contributed by atoms with Gasteiger partial charge < -0.3 is 0 Å². The fourth-order valence-corrected chi connectivity index (χ4v) is 3.23. The van der Waals surface area contributed by atoms with Gasteiger partial charge in [-0.05, 0) is 25.7 Å². The highest BCUT2D eigenvalue weighted by Crippen LogP contribution is 2.32. The summed E-state index contributed by atoms with van der Waals surface area (Å²) < 4.78 is 25.0. The van der Waals surface area contributed by atoms with E-state index in [0.717, 1.165) is 25.7 Å². The van der Waals surface area contributed by atoms with Gasteiger partial charge in [0.05, 0.1) is 6.54 Å². The summed E-state index contributed by atoms with van der Waals surface area (Å²) in [5, 5.41) is 0. The summed E-state index contributed by atoms with van der Waals surface area (Å²) >= 11 is 0. The number of piperidine rings is 1. The zero-order valence-corrected chi connectivity index (χ0v) is 9.30. The summed E-state index contributed by atoms with van der Waals surface area (Å²) in [5.74, 6) is 0. The second kappa shape index (κ2) is 5.24. The molecule has 0 spiro atoms. The minimum absolute atomic E-state index is 0.00926. The van der Waals surface area contributed by atoms with E-state index in [1.807, 2.05) is 0 Å². The first-order chi connectivity index (χ1) is 7.27. The van der Waals surface area contributed by atoms with Gasteiger partial charge in [0.2, 0.25) is 0 Å². The Morgan fingerprint density at radius 1 is 0.867 bits per heavy atom. The molecular formula is C12H21F2N. The Labute approximate surface area is 90.8 Å². The lowest BCUT2D eigenvalue weighted by Crippen LogP contribution is -2.49. The average molecular weight is 217 g/mol. The summed E-state index contributed by atoms with van der Waals surface area (Å²) in [6.45, 7) is 0.00926. The van der Waals surface area contributed by atoms with Crippen LogP contribution in [-0.4, -0.2) is 30.0 Å². The van der Waals surface area contributed by atoms with E-state index in [9.17, 15) is 8.78 Å². The summed E-state index contributed by atoms with van der Waals surface area (Å²) in [5.41, 5.74) is 0. The van der Waals surface area contributed by atoms with Crippen LogP contribution >= 0.6 is 0 Å². The van der Waals surface area contributed by atoms with Crippen molar-refractivity contribution in [3.8, 4) is 0 Å². The van der Waals surface area contributed by atoms with Gasteiger partial charge in [-0.1, -0.05) is 25.7 Å². The van der Waals surface area contributed by atoms with Crippen molar-refractivity contribution in [1.82, 2.24) is 4.90 Å². The molecule has 2 atom stereocenters. The zero-order valence-electron chi connectivity index (χ0n) is 9.30. The first-order valence-electron chi connectivity index (χ1n) is 6.31. The Morgan fingerprint density at radius 3 is 1.93 bits per heavy atom. The Bertz CT molecular complexity index is 182. The highest BCUT2D eigenvalue weighted by molar-refractivity contribution is 4.86. The fourth-order valence-electron chi connectivity index (χ4n) is 3.23. The maximum Gasteiger partial charge on any atom is 0.251 e. The number of alkyl halides is 2. The number of halogens is 2. The largest absolute Gasteiger partial charge is 0.292 e. The van der Waals surface area contributed by atoms with Crippen LogP contribution in [0.3, 0.4) is 0 Å². The van der Waals surface area contributed by atoms with Crippen LogP contribution in [0, 0.1) is 0 Å². The molecule has 1 unspecified atom stereocenters. The van der Waals surface area contributed by atoms with Crippen molar-refractivity contribution >= 4 is 0 Å². The molecule has 88 valence electrons. The molecule has 0 aromatic rings. The molecule has 0 radical (unpaired) electrons. The van der Waals surface area contributed by atoms with Gasteiger partial charge in [-0.2, -0.15) is 0 Å². The standard InChI is InChI=1S/C12H21F2N/c13-12(14)9-15-10-5-2-1-3-6-11(15)8-4-7-10/h10-12H,1-9H2/t10-,11?/m1/s1. The van der Waals surface area contributed by atoms with Crippen LogP contribution in [0.2, 0.25) is 0 Å². The molecule has 0 aliphatic carbocycles. The lowest BCUT2D eigenvalue weighted by atomic mass is 9.87. The second-order valence-electron chi connectivity index (χ2n) is 4.96. The Kier molecular flexibility index (Phi) is 3.95. The summed E-state index contributed by atoms with van der Waals surface area (Å²) in [7, 11) is 0.